The smallest absolute Gasteiger partial charge is 0.155 e. The number of hydrogen-bond acceptors (Lipinski definition) is 3. The van der Waals surface area contributed by atoms with Gasteiger partial charge in [-0.25, -0.2) is 0 Å². The summed E-state index contributed by atoms with van der Waals surface area (Å²) in [5.74, 6) is 1.71. The molecule has 0 aromatic heterocycles. The second-order valence-electron chi connectivity index (χ2n) is 9.38. The van der Waals surface area contributed by atoms with Gasteiger partial charge in [-0.05, 0) is 85.7 Å². The van der Waals surface area contributed by atoms with Crippen LogP contribution in [0.4, 0.5) is 0 Å². The van der Waals surface area contributed by atoms with Crippen LogP contribution in [-0.2, 0) is 4.79 Å². The van der Waals surface area contributed by atoms with Gasteiger partial charge in [0.05, 0.1) is 11.7 Å². The summed E-state index contributed by atoms with van der Waals surface area (Å²) < 4.78 is 0. The summed E-state index contributed by atoms with van der Waals surface area (Å²) in [6, 6.07) is 0. The lowest BCUT2D eigenvalue weighted by Gasteiger charge is -2.59. The second kappa shape index (κ2) is 4.70. The van der Waals surface area contributed by atoms with E-state index in [-0.39, 0.29) is 16.6 Å². The molecule has 4 rings (SSSR count). The maximum absolute atomic E-state index is 11.9. The lowest BCUT2D eigenvalue weighted by Crippen LogP contribution is -2.56. The first kappa shape index (κ1) is 15.8. The molecule has 7 atom stereocenters. The Kier molecular flexibility index (Phi) is 3.23. The van der Waals surface area contributed by atoms with E-state index in [1.54, 1.807) is 6.08 Å². The zero-order valence-corrected chi connectivity index (χ0v) is 14.6. The Morgan fingerprint density at radius 1 is 1.09 bits per heavy atom. The minimum Gasteiger partial charge on any atom is -0.390 e. The molecule has 4 aliphatic carbocycles. The minimum atomic E-state index is -0.576. The summed E-state index contributed by atoms with van der Waals surface area (Å²) in [7, 11) is 0. The van der Waals surface area contributed by atoms with E-state index in [2.05, 4.69) is 13.8 Å². The van der Waals surface area contributed by atoms with Gasteiger partial charge in [-0.1, -0.05) is 13.8 Å². The van der Waals surface area contributed by atoms with Gasteiger partial charge in [-0.3, -0.25) is 4.79 Å². The molecule has 0 aliphatic heterocycles. The molecule has 23 heavy (non-hydrogen) atoms. The number of carbonyl (C=O) groups is 1. The van der Waals surface area contributed by atoms with Gasteiger partial charge in [0.25, 0.3) is 0 Å². The molecule has 0 radical (unpaired) electrons. The van der Waals surface area contributed by atoms with Crippen molar-refractivity contribution in [1.82, 2.24) is 0 Å². The number of rotatable bonds is 0. The van der Waals surface area contributed by atoms with Crippen LogP contribution in [0.15, 0.2) is 11.6 Å². The van der Waals surface area contributed by atoms with Crippen LogP contribution in [0, 0.1) is 28.6 Å². The SMILES string of the molecule is C[C@]12CCC(=O)C=C1[C@@H](O)C[C@@H]1[C@@H]2CC[C@@]2(C)[C@H]1CC[C@@]2(C)O. The molecule has 4 aliphatic rings. The molecule has 3 saturated carbocycles. The van der Waals surface area contributed by atoms with Crippen molar-refractivity contribution < 1.29 is 15.0 Å². The number of hydrogen-bond donors (Lipinski definition) is 2. The van der Waals surface area contributed by atoms with Gasteiger partial charge in [0.2, 0.25) is 0 Å². The molecule has 0 heterocycles. The molecule has 2 N–H and O–H groups in total. The Labute approximate surface area is 139 Å². The van der Waals surface area contributed by atoms with Crippen molar-refractivity contribution in [1.29, 1.82) is 0 Å². The van der Waals surface area contributed by atoms with E-state index in [0.29, 0.717) is 24.2 Å². The molecule has 3 heteroatoms. The third-order valence-corrected chi connectivity index (χ3v) is 8.54. The first-order chi connectivity index (χ1) is 10.7. The summed E-state index contributed by atoms with van der Waals surface area (Å²) >= 11 is 0. The van der Waals surface area contributed by atoms with E-state index in [9.17, 15) is 15.0 Å². The van der Waals surface area contributed by atoms with Gasteiger partial charge in [-0.15, -0.1) is 0 Å². The Bertz CT molecular complexity index is 577. The quantitative estimate of drug-likeness (QED) is 0.721. The Morgan fingerprint density at radius 2 is 1.78 bits per heavy atom. The summed E-state index contributed by atoms with van der Waals surface area (Å²) in [6.07, 6.45) is 7.70. The summed E-state index contributed by atoms with van der Waals surface area (Å²) in [6.45, 7) is 6.56. The third-order valence-electron chi connectivity index (χ3n) is 8.54. The molecule has 0 bridgehead atoms. The lowest BCUT2D eigenvalue weighted by atomic mass is 9.46. The lowest BCUT2D eigenvalue weighted by molar-refractivity contribution is -0.132. The predicted molar refractivity (Wildman–Crippen MR) is 88.7 cm³/mol. The van der Waals surface area contributed by atoms with Crippen LogP contribution in [0.25, 0.3) is 0 Å². The Balaban J connectivity index is 1.74. The fourth-order valence-electron chi connectivity index (χ4n) is 6.85. The Hall–Kier alpha value is -0.670. The first-order valence-corrected chi connectivity index (χ1v) is 9.34. The van der Waals surface area contributed by atoms with E-state index in [1.807, 2.05) is 6.92 Å². The van der Waals surface area contributed by atoms with Crippen molar-refractivity contribution >= 4 is 5.78 Å². The van der Waals surface area contributed by atoms with E-state index in [1.165, 1.54) is 0 Å². The van der Waals surface area contributed by atoms with Crippen molar-refractivity contribution in [3.63, 3.8) is 0 Å². The summed E-state index contributed by atoms with van der Waals surface area (Å²) in [4.78, 5) is 11.9. The van der Waals surface area contributed by atoms with Crippen molar-refractivity contribution in [2.75, 3.05) is 0 Å². The fraction of sp³-hybridized carbons (Fsp3) is 0.850. The van der Waals surface area contributed by atoms with E-state index < -0.39 is 11.7 Å². The zero-order chi connectivity index (χ0) is 16.6. The highest BCUT2D eigenvalue weighted by Gasteiger charge is 2.63. The van der Waals surface area contributed by atoms with Crippen LogP contribution in [0.2, 0.25) is 0 Å². The van der Waals surface area contributed by atoms with Gasteiger partial charge in [0.15, 0.2) is 5.78 Å². The first-order valence-electron chi connectivity index (χ1n) is 9.34. The van der Waals surface area contributed by atoms with Gasteiger partial charge >= 0.3 is 0 Å². The molecule has 0 amide bonds. The van der Waals surface area contributed by atoms with Crippen molar-refractivity contribution in [2.24, 2.45) is 28.6 Å². The standard InChI is InChI=1S/C20H30O3/c1-18-7-4-12(21)10-16(18)17(22)11-13-14(18)5-8-19(2)15(13)6-9-20(19,3)23/h10,13-15,17,22-23H,4-9,11H2,1-3H3/t13-,14+,15+,17+,18-,19+,20-/m1/s1. The normalized spacial score (nSPS) is 55.7. The van der Waals surface area contributed by atoms with Crippen LogP contribution in [0.3, 0.4) is 0 Å². The largest absolute Gasteiger partial charge is 0.390 e. The maximum atomic E-state index is 11.9. The number of aliphatic hydroxyl groups is 2. The highest BCUT2D eigenvalue weighted by atomic mass is 16.3. The minimum absolute atomic E-state index is 0.0179. The van der Waals surface area contributed by atoms with E-state index in [0.717, 1.165) is 44.1 Å². The maximum Gasteiger partial charge on any atom is 0.155 e. The number of fused-ring (bicyclic) bond motifs is 5. The van der Waals surface area contributed by atoms with Crippen LogP contribution < -0.4 is 0 Å². The average molecular weight is 318 g/mol. The van der Waals surface area contributed by atoms with Gasteiger partial charge in [0.1, 0.15) is 0 Å². The molecule has 0 aromatic rings. The Morgan fingerprint density at radius 3 is 2.52 bits per heavy atom. The van der Waals surface area contributed by atoms with Gasteiger partial charge in [0, 0.05) is 6.42 Å². The fourth-order valence-corrected chi connectivity index (χ4v) is 6.85. The van der Waals surface area contributed by atoms with Crippen LogP contribution >= 0.6 is 0 Å². The van der Waals surface area contributed by atoms with Crippen molar-refractivity contribution in [2.45, 2.75) is 77.4 Å². The molecule has 3 fully saturated rings. The molecule has 128 valence electrons. The topological polar surface area (TPSA) is 57.5 Å². The van der Waals surface area contributed by atoms with Gasteiger partial charge < -0.3 is 10.2 Å². The van der Waals surface area contributed by atoms with Gasteiger partial charge in [-0.2, -0.15) is 0 Å². The van der Waals surface area contributed by atoms with E-state index >= 15 is 0 Å². The van der Waals surface area contributed by atoms with E-state index in [4.69, 9.17) is 0 Å². The number of carbonyl (C=O) groups excluding carboxylic acids is 1. The number of aliphatic hydroxyl groups excluding tert-OH is 1. The highest BCUT2D eigenvalue weighted by molar-refractivity contribution is 5.91. The van der Waals surface area contributed by atoms with Crippen molar-refractivity contribution in [3.05, 3.63) is 11.6 Å². The molecule has 3 nitrogen and oxygen atoms in total. The molecular weight excluding hydrogens is 288 g/mol. The zero-order valence-electron chi connectivity index (χ0n) is 14.6. The van der Waals surface area contributed by atoms with Crippen LogP contribution in [0.1, 0.15) is 65.7 Å². The van der Waals surface area contributed by atoms with Crippen LogP contribution in [0.5, 0.6) is 0 Å². The molecule has 0 spiro atoms. The highest BCUT2D eigenvalue weighted by Crippen LogP contribution is 2.67. The van der Waals surface area contributed by atoms with Crippen LogP contribution in [-0.4, -0.2) is 27.7 Å². The number of ketones is 1. The predicted octanol–water partition coefficient (Wildman–Crippen LogP) is 3.24. The average Bonchev–Trinajstić information content (AvgIpc) is 2.72. The molecule has 0 unspecified atom stereocenters. The monoisotopic (exact) mass is 318 g/mol. The second-order valence-corrected chi connectivity index (χ2v) is 9.38. The van der Waals surface area contributed by atoms with Crippen molar-refractivity contribution in [3.8, 4) is 0 Å². The molecular formula is C20H30O3. The third kappa shape index (κ3) is 1.93. The summed E-state index contributed by atoms with van der Waals surface area (Å²) in [5.41, 5.74) is 0.387. The molecule has 0 aromatic carbocycles. The molecule has 0 saturated heterocycles. The summed E-state index contributed by atoms with van der Waals surface area (Å²) in [5, 5.41) is 21.7.